The fraction of sp³-hybridized carbons (Fsp3) is 0.462. The highest BCUT2D eigenvalue weighted by atomic mass is 15.1. The number of aromatic nitrogens is 2. The van der Waals surface area contributed by atoms with Gasteiger partial charge >= 0.3 is 0 Å². The third-order valence-corrected chi connectivity index (χ3v) is 3.02. The molecule has 0 fully saturated rings. The quantitative estimate of drug-likeness (QED) is 0.854. The second-order valence-electron chi connectivity index (χ2n) is 4.13. The third-order valence-electron chi connectivity index (χ3n) is 3.02. The molecule has 2 N–H and O–H groups in total. The van der Waals surface area contributed by atoms with Crippen LogP contribution in [0.3, 0.4) is 0 Å². The summed E-state index contributed by atoms with van der Waals surface area (Å²) < 4.78 is 2.25. The monoisotopic (exact) mass is 217 g/mol. The average Bonchev–Trinajstić information content (AvgIpc) is 2.65. The van der Waals surface area contributed by atoms with Crippen molar-refractivity contribution in [3.8, 4) is 0 Å². The topological polar surface area (TPSA) is 43.8 Å². The summed E-state index contributed by atoms with van der Waals surface area (Å²) in [5.74, 6) is 1.11. The van der Waals surface area contributed by atoms with E-state index in [1.165, 1.54) is 5.52 Å². The summed E-state index contributed by atoms with van der Waals surface area (Å²) in [6, 6.07) is 8.47. The number of nitrogens with two attached hydrogens (primary N) is 1. The van der Waals surface area contributed by atoms with E-state index in [9.17, 15) is 0 Å². The maximum atomic E-state index is 6.00. The SMILES string of the molecule is CCC(N)Cc1nc2ccccc2n1CC. The van der Waals surface area contributed by atoms with Crippen molar-refractivity contribution in [2.45, 2.75) is 39.3 Å². The van der Waals surface area contributed by atoms with Gasteiger partial charge in [0.2, 0.25) is 0 Å². The number of para-hydroxylation sites is 2. The van der Waals surface area contributed by atoms with Gasteiger partial charge in [-0.25, -0.2) is 4.98 Å². The zero-order valence-corrected chi connectivity index (χ0v) is 9.98. The van der Waals surface area contributed by atoms with Gasteiger partial charge in [-0.2, -0.15) is 0 Å². The highest BCUT2D eigenvalue weighted by Crippen LogP contribution is 2.17. The molecule has 0 spiro atoms. The van der Waals surface area contributed by atoms with E-state index in [4.69, 9.17) is 5.73 Å². The maximum absolute atomic E-state index is 6.00. The Morgan fingerprint density at radius 2 is 2.06 bits per heavy atom. The lowest BCUT2D eigenvalue weighted by Gasteiger charge is -2.10. The summed E-state index contributed by atoms with van der Waals surface area (Å²) in [5.41, 5.74) is 8.28. The Balaban J connectivity index is 2.44. The lowest BCUT2D eigenvalue weighted by atomic mass is 10.1. The van der Waals surface area contributed by atoms with Gasteiger partial charge in [-0.1, -0.05) is 19.1 Å². The number of aryl methyl sites for hydroxylation is 1. The smallest absolute Gasteiger partial charge is 0.111 e. The first-order valence-corrected chi connectivity index (χ1v) is 5.96. The highest BCUT2D eigenvalue weighted by molar-refractivity contribution is 5.75. The predicted octanol–water partition coefficient (Wildman–Crippen LogP) is 2.34. The van der Waals surface area contributed by atoms with Crippen molar-refractivity contribution in [1.29, 1.82) is 0 Å². The van der Waals surface area contributed by atoms with Crippen LogP contribution >= 0.6 is 0 Å². The van der Waals surface area contributed by atoms with E-state index in [-0.39, 0.29) is 6.04 Å². The van der Waals surface area contributed by atoms with E-state index < -0.39 is 0 Å². The standard InChI is InChI=1S/C13H19N3/c1-3-10(14)9-13-15-11-7-5-6-8-12(11)16(13)4-2/h5-8,10H,3-4,9,14H2,1-2H3. The number of fused-ring (bicyclic) bond motifs is 1. The van der Waals surface area contributed by atoms with Crippen LogP contribution in [0.4, 0.5) is 0 Å². The normalized spacial score (nSPS) is 13.2. The van der Waals surface area contributed by atoms with Gasteiger partial charge in [0.1, 0.15) is 5.82 Å². The van der Waals surface area contributed by atoms with E-state index >= 15 is 0 Å². The Morgan fingerprint density at radius 3 is 2.75 bits per heavy atom. The van der Waals surface area contributed by atoms with Crippen molar-refractivity contribution in [3.05, 3.63) is 30.1 Å². The van der Waals surface area contributed by atoms with E-state index in [1.807, 2.05) is 6.07 Å². The molecule has 3 heteroatoms. The molecule has 86 valence electrons. The molecule has 0 bridgehead atoms. The Morgan fingerprint density at radius 1 is 1.31 bits per heavy atom. The minimum Gasteiger partial charge on any atom is -0.328 e. The zero-order chi connectivity index (χ0) is 11.5. The Labute approximate surface area is 96.3 Å². The van der Waals surface area contributed by atoms with Crippen molar-refractivity contribution < 1.29 is 0 Å². The predicted molar refractivity (Wildman–Crippen MR) is 67.4 cm³/mol. The van der Waals surface area contributed by atoms with E-state index in [2.05, 4.69) is 41.6 Å². The van der Waals surface area contributed by atoms with Crippen LogP contribution in [0.2, 0.25) is 0 Å². The van der Waals surface area contributed by atoms with Gasteiger partial charge in [0.25, 0.3) is 0 Å². The van der Waals surface area contributed by atoms with Crippen LogP contribution in [0.5, 0.6) is 0 Å². The second kappa shape index (κ2) is 4.66. The fourth-order valence-corrected chi connectivity index (χ4v) is 2.01. The van der Waals surface area contributed by atoms with Crippen molar-refractivity contribution in [2.75, 3.05) is 0 Å². The maximum Gasteiger partial charge on any atom is 0.111 e. The molecule has 0 aliphatic carbocycles. The van der Waals surface area contributed by atoms with Gasteiger partial charge in [0, 0.05) is 19.0 Å². The summed E-state index contributed by atoms with van der Waals surface area (Å²) in [7, 11) is 0. The van der Waals surface area contributed by atoms with Gasteiger partial charge in [-0.3, -0.25) is 0 Å². The lowest BCUT2D eigenvalue weighted by molar-refractivity contribution is 0.597. The molecule has 1 heterocycles. The first-order chi connectivity index (χ1) is 7.76. The van der Waals surface area contributed by atoms with Crippen LogP contribution in [-0.4, -0.2) is 15.6 Å². The molecular weight excluding hydrogens is 198 g/mol. The largest absolute Gasteiger partial charge is 0.328 e. The van der Waals surface area contributed by atoms with Gasteiger partial charge < -0.3 is 10.3 Å². The molecule has 2 aromatic rings. The molecule has 3 nitrogen and oxygen atoms in total. The number of hydrogen-bond acceptors (Lipinski definition) is 2. The summed E-state index contributed by atoms with van der Waals surface area (Å²) in [6.07, 6.45) is 1.85. The van der Waals surface area contributed by atoms with Crippen molar-refractivity contribution >= 4 is 11.0 Å². The molecule has 1 unspecified atom stereocenters. The van der Waals surface area contributed by atoms with Gasteiger partial charge in [-0.15, -0.1) is 0 Å². The summed E-state index contributed by atoms with van der Waals surface area (Å²) in [4.78, 5) is 4.65. The molecule has 0 aliphatic heterocycles. The zero-order valence-electron chi connectivity index (χ0n) is 9.98. The molecule has 0 saturated heterocycles. The molecule has 0 aliphatic rings. The molecular formula is C13H19N3. The Hall–Kier alpha value is -1.35. The molecule has 1 atom stereocenters. The molecule has 16 heavy (non-hydrogen) atoms. The fourth-order valence-electron chi connectivity index (χ4n) is 2.01. The first-order valence-electron chi connectivity index (χ1n) is 5.96. The third kappa shape index (κ3) is 1.95. The van der Waals surface area contributed by atoms with Crippen LogP contribution in [0.1, 0.15) is 26.1 Å². The Kier molecular flexibility index (Phi) is 3.25. The second-order valence-corrected chi connectivity index (χ2v) is 4.13. The summed E-state index contributed by atoms with van der Waals surface area (Å²) in [5, 5.41) is 0. The lowest BCUT2D eigenvalue weighted by Crippen LogP contribution is -2.23. The van der Waals surface area contributed by atoms with E-state index in [0.29, 0.717) is 0 Å². The van der Waals surface area contributed by atoms with Crippen LogP contribution in [0, 0.1) is 0 Å². The number of benzene rings is 1. The van der Waals surface area contributed by atoms with Gasteiger partial charge in [0.15, 0.2) is 0 Å². The van der Waals surface area contributed by atoms with Gasteiger partial charge in [-0.05, 0) is 25.5 Å². The molecule has 0 amide bonds. The van der Waals surface area contributed by atoms with Crippen LogP contribution in [0.15, 0.2) is 24.3 Å². The minimum atomic E-state index is 0.210. The van der Waals surface area contributed by atoms with E-state index in [1.54, 1.807) is 0 Å². The summed E-state index contributed by atoms with van der Waals surface area (Å²) in [6.45, 7) is 5.21. The van der Waals surface area contributed by atoms with Crippen LogP contribution in [0.25, 0.3) is 11.0 Å². The molecule has 2 rings (SSSR count). The first kappa shape index (κ1) is 11.1. The summed E-state index contributed by atoms with van der Waals surface area (Å²) >= 11 is 0. The Bertz CT molecular complexity index is 473. The highest BCUT2D eigenvalue weighted by Gasteiger charge is 2.11. The van der Waals surface area contributed by atoms with Crippen LogP contribution < -0.4 is 5.73 Å². The average molecular weight is 217 g/mol. The van der Waals surface area contributed by atoms with E-state index in [0.717, 1.165) is 30.7 Å². The van der Waals surface area contributed by atoms with Crippen molar-refractivity contribution in [2.24, 2.45) is 5.73 Å². The van der Waals surface area contributed by atoms with Crippen molar-refractivity contribution in [1.82, 2.24) is 9.55 Å². The molecule has 1 aromatic heterocycles. The molecule has 1 aromatic carbocycles. The number of hydrogen-bond donors (Lipinski definition) is 1. The number of rotatable bonds is 4. The minimum absolute atomic E-state index is 0.210. The van der Waals surface area contributed by atoms with Crippen LogP contribution in [-0.2, 0) is 13.0 Å². The number of imidazole rings is 1. The molecule has 0 radical (unpaired) electrons. The number of nitrogens with zero attached hydrogens (tertiary/aromatic N) is 2. The molecule has 0 saturated carbocycles. The van der Waals surface area contributed by atoms with Gasteiger partial charge in [0.05, 0.1) is 11.0 Å². The van der Waals surface area contributed by atoms with Crippen molar-refractivity contribution in [3.63, 3.8) is 0 Å².